The third-order valence-electron chi connectivity index (χ3n) is 10.1. The van der Waals surface area contributed by atoms with E-state index in [0.29, 0.717) is 16.3 Å². The van der Waals surface area contributed by atoms with Gasteiger partial charge >= 0.3 is 0 Å². The van der Waals surface area contributed by atoms with Gasteiger partial charge in [0.15, 0.2) is 0 Å². The summed E-state index contributed by atoms with van der Waals surface area (Å²) in [4.78, 5) is 23.1. The highest BCUT2D eigenvalue weighted by Gasteiger charge is 2.46. The monoisotopic (exact) mass is 540 g/mol. The highest BCUT2D eigenvalue weighted by Crippen LogP contribution is 2.52. The van der Waals surface area contributed by atoms with Crippen molar-refractivity contribution < 1.29 is 0 Å². The SMILES string of the molecule is C#CC1CCC(CN2CCN(c3ccc4c(c3)-n3c(nc(=O)c5cccc(Cl)c53)C43CCCCC3)CC2)CC1. The van der Waals surface area contributed by atoms with Gasteiger partial charge in [-0.15, -0.1) is 12.3 Å². The van der Waals surface area contributed by atoms with E-state index in [1.54, 1.807) is 0 Å². The zero-order chi connectivity index (χ0) is 26.6. The first-order chi connectivity index (χ1) is 19.1. The van der Waals surface area contributed by atoms with Gasteiger partial charge in [0.25, 0.3) is 5.56 Å². The Hall–Kier alpha value is -2.81. The lowest BCUT2D eigenvalue weighted by atomic mass is 9.70. The van der Waals surface area contributed by atoms with Crippen LogP contribution in [0.15, 0.2) is 41.2 Å². The van der Waals surface area contributed by atoms with E-state index in [1.165, 1.54) is 49.9 Å². The lowest BCUT2D eigenvalue weighted by Gasteiger charge is -2.39. The van der Waals surface area contributed by atoms with Crippen LogP contribution in [0, 0.1) is 24.2 Å². The maximum atomic E-state index is 13.2. The summed E-state index contributed by atoms with van der Waals surface area (Å²) in [6.45, 7) is 5.45. The molecule has 0 unspecified atom stereocenters. The molecule has 3 heterocycles. The van der Waals surface area contributed by atoms with Crippen LogP contribution < -0.4 is 10.5 Å². The molecule has 1 spiro atoms. The van der Waals surface area contributed by atoms with Gasteiger partial charge in [0.05, 0.1) is 27.0 Å². The van der Waals surface area contributed by atoms with Crippen LogP contribution in [0.2, 0.25) is 5.02 Å². The Morgan fingerprint density at radius 2 is 1.77 bits per heavy atom. The highest BCUT2D eigenvalue weighted by atomic mass is 35.5. The van der Waals surface area contributed by atoms with E-state index in [2.05, 4.69) is 38.5 Å². The molecule has 0 amide bonds. The van der Waals surface area contributed by atoms with Crippen molar-refractivity contribution in [3.63, 3.8) is 0 Å². The molecular weight excluding hydrogens is 504 g/mol. The fourth-order valence-corrected chi connectivity index (χ4v) is 8.18. The number of para-hydroxylation sites is 1. The maximum absolute atomic E-state index is 13.2. The minimum absolute atomic E-state index is 0.166. The molecule has 39 heavy (non-hydrogen) atoms. The van der Waals surface area contributed by atoms with E-state index in [4.69, 9.17) is 23.0 Å². The van der Waals surface area contributed by atoms with Gasteiger partial charge in [0.1, 0.15) is 5.82 Å². The zero-order valence-corrected chi connectivity index (χ0v) is 23.4. The number of terminal acetylenes is 1. The summed E-state index contributed by atoms with van der Waals surface area (Å²) in [5.74, 6) is 5.14. The number of nitrogens with zero attached hydrogens (tertiary/aromatic N) is 4. The second kappa shape index (κ2) is 9.98. The number of piperazine rings is 1. The molecule has 1 saturated heterocycles. The molecule has 7 rings (SSSR count). The summed E-state index contributed by atoms with van der Waals surface area (Å²) >= 11 is 6.79. The second-order valence-corrected chi connectivity index (χ2v) is 12.6. The van der Waals surface area contributed by atoms with E-state index < -0.39 is 0 Å². The van der Waals surface area contributed by atoms with E-state index in [0.717, 1.165) is 74.8 Å². The predicted molar refractivity (Wildman–Crippen MR) is 159 cm³/mol. The van der Waals surface area contributed by atoms with E-state index in [1.807, 2.05) is 18.2 Å². The molecule has 2 aromatic carbocycles. The Balaban J connectivity index is 1.19. The van der Waals surface area contributed by atoms with Crippen LogP contribution in [0.5, 0.6) is 0 Å². The smallest absolute Gasteiger partial charge is 0.280 e. The van der Waals surface area contributed by atoms with Gasteiger partial charge in [-0.3, -0.25) is 14.3 Å². The number of anilines is 1. The molecule has 4 aliphatic rings. The van der Waals surface area contributed by atoms with Gasteiger partial charge in [-0.2, -0.15) is 4.98 Å². The summed E-state index contributed by atoms with van der Waals surface area (Å²) in [5, 5.41) is 1.21. The Morgan fingerprint density at radius 3 is 2.51 bits per heavy atom. The molecule has 0 radical (unpaired) electrons. The normalized spacial score (nSPS) is 24.5. The Labute approximate surface area is 236 Å². The largest absolute Gasteiger partial charge is 0.369 e. The summed E-state index contributed by atoms with van der Waals surface area (Å²) in [7, 11) is 0. The molecule has 202 valence electrons. The van der Waals surface area contributed by atoms with Crippen LogP contribution in [0.25, 0.3) is 16.6 Å². The number of hydrogen-bond acceptors (Lipinski definition) is 4. The number of rotatable bonds is 3. The van der Waals surface area contributed by atoms with Crippen LogP contribution in [0.3, 0.4) is 0 Å². The molecular formula is C33H37ClN4O. The molecule has 1 aromatic heterocycles. The molecule has 2 aliphatic heterocycles. The molecule has 0 bridgehead atoms. The Morgan fingerprint density at radius 1 is 1.00 bits per heavy atom. The minimum atomic E-state index is -0.199. The fourth-order valence-electron chi connectivity index (χ4n) is 7.92. The van der Waals surface area contributed by atoms with Crippen molar-refractivity contribution in [2.45, 2.75) is 63.2 Å². The lowest BCUT2D eigenvalue weighted by molar-refractivity contribution is 0.183. The van der Waals surface area contributed by atoms with Crippen LogP contribution in [0.1, 0.15) is 69.2 Å². The van der Waals surface area contributed by atoms with E-state index in [-0.39, 0.29) is 11.0 Å². The van der Waals surface area contributed by atoms with Crippen LogP contribution in [-0.4, -0.2) is 47.2 Å². The van der Waals surface area contributed by atoms with Crippen LogP contribution in [0.4, 0.5) is 5.69 Å². The van der Waals surface area contributed by atoms with Crippen LogP contribution in [-0.2, 0) is 5.41 Å². The van der Waals surface area contributed by atoms with Crippen molar-refractivity contribution in [1.29, 1.82) is 0 Å². The molecule has 2 saturated carbocycles. The van der Waals surface area contributed by atoms with Crippen molar-refractivity contribution in [2.75, 3.05) is 37.6 Å². The van der Waals surface area contributed by atoms with Crippen molar-refractivity contribution in [2.24, 2.45) is 11.8 Å². The second-order valence-electron chi connectivity index (χ2n) is 12.2. The average Bonchev–Trinajstić information content (AvgIpc) is 3.22. The first-order valence-corrected chi connectivity index (χ1v) is 15.3. The molecule has 6 heteroatoms. The molecule has 0 atom stereocenters. The average molecular weight is 541 g/mol. The van der Waals surface area contributed by atoms with Gasteiger partial charge in [0.2, 0.25) is 0 Å². The fraction of sp³-hybridized carbons (Fsp3) is 0.515. The summed E-state index contributed by atoms with van der Waals surface area (Å²) in [6, 6.07) is 12.6. The quantitative estimate of drug-likeness (QED) is 0.373. The molecule has 0 N–H and O–H groups in total. The summed E-state index contributed by atoms with van der Waals surface area (Å²) < 4.78 is 2.23. The Bertz CT molecular complexity index is 1500. The summed E-state index contributed by atoms with van der Waals surface area (Å²) in [5.41, 5.74) is 4.16. The van der Waals surface area contributed by atoms with E-state index in [9.17, 15) is 4.79 Å². The standard InChI is InChI=1S/C33H37ClN4O/c1-2-23-9-11-24(12-10-23)22-36-17-19-37(20-18-36)25-13-14-27-29(21-25)38-30-26(7-6-8-28(30)34)31(39)35-32(38)33(27)15-4-3-5-16-33/h1,6-8,13-14,21,23-24H,3-5,9-12,15-20,22H2. The number of halogens is 1. The molecule has 2 aliphatic carbocycles. The van der Waals surface area contributed by atoms with Crippen molar-refractivity contribution in [1.82, 2.24) is 14.5 Å². The third kappa shape index (κ3) is 4.19. The van der Waals surface area contributed by atoms with Crippen LogP contribution >= 0.6 is 11.6 Å². The molecule has 5 nitrogen and oxygen atoms in total. The van der Waals surface area contributed by atoms with E-state index >= 15 is 0 Å². The molecule has 3 fully saturated rings. The van der Waals surface area contributed by atoms with Gasteiger partial charge in [0, 0.05) is 44.3 Å². The first-order valence-electron chi connectivity index (χ1n) is 14.9. The van der Waals surface area contributed by atoms with Crippen molar-refractivity contribution in [3.8, 4) is 18.0 Å². The maximum Gasteiger partial charge on any atom is 0.280 e. The van der Waals surface area contributed by atoms with Gasteiger partial charge < -0.3 is 4.90 Å². The van der Waals surface area contributed by atoms with Gasteiger partial charge in [-0.05, 0) is 74.3 Å². The van der Waals surface area contributed by atoms with Gasteiger partial charge in [-0.25, -0.2) is 0 Å². The zero-order valence-electron chi connectivity index (χ0n) is 22.7. The van der Waals surface area contributed by atoms with Crippen molar-refractivity contribution >= 4 is 28.2 Å². The lowest BCUT2D eigenvalue weighted by Crippen LogP contribution is -2.48. The minimum Gasteiger partial charge on any atom is -0.369 e. The van der Waals surface area contributed by atoms with Crippen molar-refractivity contribution in [3.05, 3.63) is 63.2 Å². The third-order valence-corrected chi connectivity index (χ3v) is 10.4. The van der Waals surface area contributed by atoms with Gasteiger partial charge in [-0.1, -0.05) is 43.0 Å². The predicted octanol–water partition coefficient (Wildman–Crippen LogP) is 6.16. The summed E-state index contributed by atoms with van der Waals surface area (Å²) in [6.07, 6.45) is 16.2. The number of hydrogen-bond donors (Lipinski definition) is 0. The number of aromatic nitrogens is 2. The Kier molecular flexibility index (Phi) is 6.45. The highest BCUT2D eigenvalue weighted by molar-refractivity contribution is 6.35. The topological polar surface area (TPSA) is 41.4 Å². The molecule has 3 aromatic rings. The number of fused-ring (bicyclic) bond motifs is 7. The first kappa shape index (κ1) is 25.2. The number of benzene rings is 2.